The lowest BCUT2D eigenvalue weighted by Crippen LogP contribution is -2.33. The molecule has 5 rings (SSSR count). The number of aryl methyl sites for hydroxylation is 1. The monoisotopic (exact) mass is 443 g/mol. The van der Waals surface area contributed by atoms with Crippen LogP contribution in [0.3, 0.4) is 0 Å². The van der Waals surface area contributed by atoms with Crippen molar-refractivity contribution in [3.8, 4) is 11.5 Å². The summed E-state index contributed by atoms with van der Waals surface area (Å²) in [4.78, 5) is 32.3. The molecule has 2 heterocycles. The predicted octanol–water partition coefficient (Wildman–Crippen LogP) is 4.30. The zero-order valence-corrected chi connectivity index (χ0v) is 18.8. The van der Waals surface area contributed by atoms with E-state index in [9.17, 15) is 9.59 Å². The fourth-order valence-corrected chi connectivity index (χ4v) is 4.80. The molecular weight excluding hydrogens is 418 g/mol. The van der Waals surface area contributed by atoms with E-state index in [1.54, 1.807) is 38.5 Å². The van der Waals surface area contributed by atoms with Gasteiger partial charge in [-0.1, -0.05) is 12.1 Å². The van der Waals surface area contributed by atoms with Crippen LogP contribution in [-0.4, -0.2) is 35.9 Å². The highest BCUT2D eigenvalue weighted by atomic mass is 16.5. The third kappa shape index (κ3) is 3.50. The van der Waals surface area contributed by atoms with Crippen LogP contribution in [0.4, 0.5) is 5.82 Å². The summed E-state index contributed by atoms with van der Waals surface area (Å²) < 4.78 is 10.8. The first-order chi connectivity index (χ1) is 16.0. The molecule has 0 saturated heterocycles. The Bertz CT molecular complexity index is 1240. The van der Waals surface area contributed by atoms with E-state index < -0.39 is 0 Å². The van der Waals surface area contributed by atoms with E-state index in [2.05, 4.69) is 5.32 Å². The average molecular weight is 444 g/mol. The highest BCUT2D eigenvalue weighted by molar-refractivity contribution is 6.21. The Morgan fingerprint density at radius 3 is 2.42 bits per heavy atom. The summed E-state index contributed by atoms with van der Waals surface area (Å²) in [6.45, 7) is 2.45. The fraction of sp³-hybridized carbons (Fsp3) is 0.269. The van der Waals surface area contributed by atoms with E-state index in [1.165, 1.54) is 4.90 Å². The Morgan fingerprint density at radius 1 is 1.03 bits per heavy atom. The number of fused-ring (bicyclic) bond motifs is 2. The minimum Gasteiger partial charge on any atom is -0.497 e. The third-order valence-corrected chi connectivity index (χ3v) is 6.39. The summed E-state index contributed by atoms with van der Waals surface area (Å²) in [5.41, 5.74) is 4.81. The number of nitrogens with zero attached hydrogens (tertiary/aromatic N) is 2. The molecule has 7 heteroatoms. The molecule has 1 aromatic heterocycles. The average Bonchev–Trinajstić information content (AvgIpc) is 3.35. The Balaban J connectivity index is 1.43. The van der Waals surface area contributed by atoms with Crippen molar-refractivity contribution in [3.63, 3.8) is 0 Å². The summed E-state index contributed by atoms with van der Waals surface area (Å²) >= 11 is 0. The highest BCUT2D eigenvalue weighted by Gasteiger charge is 2.43. The van der Waals surface area contributed by atoms with Crippen LogP contribution < -0.4 is 14.8 Å². The van der Waals surface area contributed by atoms with Crippen molar-refractivity contribution in [2.75, 3.05) is 19.5 Å². The highest BCUT2D eigenvalue weighted by Crippen LogP contribution is 2.42. The number of amides is 2. The van der Waals surface area contributed by atoms with Crippen LogP contribution in [0.25, 0.3) is 0 Å². The number of carbonyl (C=O) groups is 2. The number of rotatable bonds is 6. The minimum atomic E-state index is -0.287. The summed E-state index contributed by atoms with van der Waals surface area (Å²) in [5, 5.41) is 3.44. The molecule has 0 bridgehead atoms. The van der Waals surface area contributed by atoms with Crippen LogP contribution in [0.5, 0.6) is 11.5 Å². The minimum absolute atomic E-state index is 0.222. The van der Waals surface area contributed by atoms with E-state index in [0.717, 1.165) is 46.1 Å². The quantitative estimate of drug-likeness (QED) is 0.572. The maximum atomic E-state index is 13.1. The van der Waals surface area contributed by atoms with Gasteiger partial charge in [-0.25, -0.2) is 4.98 Å². The van der Waals surface area contributed by atoms with Crippen LogP contribution in [0.15, 0.2) is 48.5 Å². The van der Waals surface area contributed by atoms with Gasteiger partial charge in [-0.3, -0.25) is 14.5 Å². The lowest BCUT2D eigenvalue weighted by Gasteiger charge is -2.23. The normalized spacial score (nSPS) is 16.6. The summed E-state index contributed by atoms with van der Waals surface area (Å²) in [7, 11) is 3.25. The number of aromatic nitrogens is 1. The topological polar surface area (TPSA) is 80.8 Å². The van der Waals surface area contributed by atoms with Crippen molar-refractivity contribution in [2.45, 2.75) is 32.4 Å². The molecule has 1 aliphatic carbocycles. The van der Waals surface area contributed by atoms with Crippen molar-refractivity contribution < 1.29 is 19.1 Å². The Morgan fingerprint density at radius 2 is 1.76 bits per heavy atom. The number of methoxy groups -OCH3 is 2. The van der Waals surface area contributed by atoms with Gasteiger partial charge in [0, 0.05) is 23.9 Å². The van der Waals surface area contributed by atoms with E-state index in [4.69, 9.17) is 14.5 Å². The molecule has 1 aliphatic heterocycles. The first kappa shape index (κ1) is 21.0. The first-order valence-electron chi connectivity index (χ1n) is 10.9. The Kier molecular flexibility index (Phi) is 5.24. The van der Waals surface area contributed by atoms with Gasteiger partial charge in [-0.05, 0) is 61.2 Å². The zero-order valence-electron chi connectivity index (χ0n) is 18.8. The van der Waals surface area contributed by atoms with E-state index in [-0.39, 0.29) is 17.9 Å². The van der Waals surface area contributed by atoms with Crippen LogP contribution in [0.1, 0.15) is 55.6 Å². The number of pyridine rings is 1. The maximum absolute atomic E-state index is 13.1. The first-order valence-corrected chi connectivity index (χ1v) is 10.9. The Hall–Kier alpha value is -3.87. The largest absolute Gasteiger partial charge is 0.497 e. The van der Waals surface area contributed by atoms with Gasteiger partial charge in [0.2, 0.25) is 0 Å². The van der Waals surface area contributed by atoms with Crippen LogP contribution in [0, 0.1) is 6.92 Å². The van der Waals surface area contributed by atoms with Gasteiger partial charge in [-0.15, -0.1) is 0 Å². The molecule has 0 radical (unpaired) electrons. The van der Waals surface area contributed by atoms with Gasteiger partial charge < -0.3 is 14.8 Å². The number of hydrogen-bond donors (Lipinski definition) is 1. The maximum Gasteiger partial charge on any atom is 0.262 e. The van der Waals surface area contributed by atoms with Gasteiger partial charge in [0.25, 0.3) is 11.8 Å². The summed E-state index contributed by atoms with van der Waals surface area (Å²) in [6, 6.07) is 14.4. The van der Waals surface area contributed by atoms with Crippen molar-refractivity contribution in [1.82, 2.24) is 9.88 Å². The van der Waals surface area contributed by atoms with E-state index in [0.29, 0.717) is 24.1 Å². The SMILES string of the molecule is COc1ccc(CNc2nc(C)cc3c2CCC3N2C(=O)c3ccccc3C2=O)c(OC)c1. The molecule has 1 N–H and O–H groups in total. The number of ether oxygens (including phenoxy) is 2. The second-order valence-corrected chi connectivity index (χ2v) is 8.29. The van der Waals surface area contributed by atoms with Gasteiger partial charge in [-0.2, -0.15) is 0 Å². The van der Waals surface area contributed by atoms with Crippen molar-refractivity contribution >= 4 is 17.6 Å². The third-order valence-electron chi connectivity index (χ3n) is 6.39. The van der Waals surface area contributed by atoms with Crippen LogP contribution in [0.2, 0.25) is 0 Å². The van der Waals surface area contributed by atoms with Crippen molar-refractivity contribution in [3.05, 3.63) is 82.0 Å². The second-order valence-electron chi connectivity index (χ2n) is 8.29. The van der Waals surface area contributed by atoms with Gasteiger partial charge in [0.1, 0.15) is 17.3 Å². The number of anilines is 1. The molecular formula is C26H25N3O4. The molecule has 2 amide bonds. The molecule has 7 nitrogen and oxygen atoms in total. The lowest BCUT2D eigenvalue weighted by molar-refractivity contribution is 0.0582. The van der Waals surface area contributed by atoms with Gasteiger partial charge in [0.05, 0.1) is 31.4 Å². The molecule has 33 heavy (non-hydrogen) atoms. The molecule has 1 atom stereocenters. The van der Waals surface area contributed by atoms with Gasteiger partial charge >= 0.3 is 0 Å². The predicted molar refractivity (Wildman–Crippen MR) is 124 cm³/mol. The van der Waals surface area contributed by atoms with Gasteiger partial charge in [0.15, 0.2) is 0 Å². The van der Waals surface area contributed by atoms with Crippen LogP contribution in [-0.2, 0) is 13.0 Å². The second kappa shape index (κ2) is 8.24. The number of nitrogens with one attached hydrogen (secondary N) is 1. The Labute approximate surface area is 192 Å². The van der Waals surface area contributed by atoms with Crippen LogP contribution >= 0.6 is 0 Å². The molecule has 0 saturated carbocycles. The molecule has 3 aromatic rings. The standard InChI is InChI=1S/C26H25N3O4/c1-15-12-21-18(24(28-15)27-14-16-8-9-17(32-2)13-23(16)33-3)10-11-22(21)29-25(30)19-6-4-5-7-20(19)26(29)31/h4-9,12-13,22H,10-11,14H2,1-3H3,(H,27,28). The number of benzene rings is 2. The summed E-state index contributed by atoms with van der Waals surface area (Å²) in [5.74, 6) is 1.80. The molecule has 168 valence electrons. The number of hydrogen-bond acceptors (Lipinski definition) is 6. The molecule has 0 spiro atoms. The van der Waals surface area contributed by atoms with Crippen molar-refractivity contribution in [1.29, 1.82) is 0 Å². The molecule has 2 aromatic carbocycles. The van der Waals surface area contributed by atoms with Crippen molar-refractivity contribution in [2.24, 2.45) is 0 Å². The van der Waals surface area contributed by atoms with E-state index in [1.807, 2.05) is 31.2 Å². The number of imide groups is 1. The molecule has 0 fully saturated rings. The summed E-state index contributed by atoms with van der Waals surface area (Å²) in [6.07, 6.45) is 1.43. The smallest absolute Gasteiger partial charge is 0.262 e. The molecule has 2 aliphatic rings. The number of carbonyl (C=O) groups excluding carboxylic acids is 2. The fourth-order valence-electron chi connectivity index (χ4n) is 4.80. The zero-order chi connectivity index (χ0) is 23.1. The molecule has 1 unspecified atom stereocenters. The van der Waals surface area contributed by atoms with E-state index >= 15 is 0 Å². The lowest BCUT2D eigenvalue weighted by atomic mass is 10.1.